The lowest BCUT2D eigenvalue weighted by Crippen LogP contribution is -2.56. The van der Waals surface area contributed by atoms with Crippen LogP contribution in [-0.4, -0.2) is 60.9 Å². The van der Waals surface area contributed by atoms with Gasteiger partial charge in [0.2, 0.25) is 11.8 Å². The van der Waals surface area contributed by atoms with Crippen LogP contribution in [-0.2, 0) is 9.59 Å². The molecule has 2 amide bonds. The van der Waals surface area contributed by atoms with Crippen LogP contribution in [0.2, 0.25) is 0 Å². The van der Waals surface area contributed by atoms with Gasteiger partial charge in [-0.3, -0.25) is 9.59 Å². The summed E-state index contributed by atoms with van der Waals surface area (Å²) in [5.41, 5.74) is 0. The molecule has 0 aliphatic carbocycles. The number of amides is 2. The summed E-state index contributed by atoms with van der Waals surface area (Å²) >= 11 is 0. The summed E-state index contributed by atoms with van der Waals surface area (Å²) in [7, 11) is 1.80. The van der Waals surface area contributed by atoms with Crippen molar-refractivity contribution in [3.8, 4) is 0 Å². The fourth-order valence-corrected chi connectivity index (χ4v) is 2.14. The van der Waals surface area contributed by atoms with Gasteiger partial charge < -0.3 is 15.1 Å². The van der Waals surface area contributed by atoms with Crippen molar-refractivity contribution in [1.82, 2.24) is 15.1 Å². The third-order valence-electron chi connectivity index (χ3n) is 3.38. The minimum atomic E-state index is -0.384. The molecule has 19 heavy (non-hydrogen) atoms. The van der Waals surface area contributed by atoms with Crippen LogP contribution in [0.15, 0.2) is 12.7 Å². The normalized spacial score (nSPS) is 19.4. The Morgan fingerprint density at radius 1 is 1.63 bits per heavy atom. The third-order valence-corrected chi connectivity index (χ3v) is 3.38. The van der Waals surface area contributed by atoms with Crippen molar-refractivity contribution >= 4 is 11.8 Å². The van der Waals surface area contributed by atoms with Crippen LogP contribution in [0, 0.1) is 0 Å². The number of piperazine rings is 1. The van der Waals surface area contributed by atoms with Crippen LogP contribution in [0.25, 0.3) is 0 Å². The summed E-state index contributed by atoms with van der Waals surface area (Å²) in [5.74, 6) is 0.0307. The topological polar surface area (TPSA) is 52.7 Å². The number of hydrogen-bond donors (Lipinski definition) is 1. The predicted molar refractivity (Wildman–Crippen MR) is 75.7 cm³/mol. The molecule has 108 valence electrons. The van der Waals surface area contributed by atoms with E-state index in [9.17, 15) is 9.59 Å². The molecule has 0 spiro atoms. The van der Waals surface area contributed by atoms with Gasteiger partial charge in [0.05, 0.1) is 12.5 Å². The fraction of sp³-hybridized carbons (Fsp3) is 0.714. The van der Waals surface area contributed by atoms with E-state index in [2.05, 4.69) is 18.8 Å². The van der Waals surface area contributed by atoms with E-state index in [0.717, 1.165) is 25.9 Å². The van der Waals surface area contributed by atoms with Gasteiger partial charge in [-0.1, -0.05) is 19.4 Å². The highest BCUT2D eigenvalue weighted by molar-refractivity contribution is 5.88. The first-order valence-electron chi connectivity index (χ1n) is 6.97. The zero-order chi connectivity index (χ0) is 14.3. The predicted octanol–water partition coefficient (Wildman–Crippen LogP) is 0.621. The zero-order valence-electron chi connectivity index (χ0n) is 12.0. The molecule has 1 heterocycles. The lowest BCUT2D eigenvalue weighted by Gasteiger charge is -2.33. The van der Waals surface area contributed by atoms with E-state index < -0.39 is 0 Å². The van der Waals surface area contributed by atoms with Crippen LogP contribution in [0.3, 0.4) is 0 Å². The summed E-state index contributed by atoms with van der Waals surface area (Å²) in [6.07, 6.45) is 4.02. The molecule has 5 nitrogen and oxygen atoms in total. The Morgan fingerprint density at radius 3 is 3.00 bits per heavy atom. The van der Waals surface area contributed by atoms with Gasteiger partial charge in [0, 0.05) is 33.2 Å². The fourth-order valence-electron chi connectivity index (χ4n) is 2.14. The van der Waals surface area contributed by atoms with E-state index in [1.54, 1.807) is 22.9 Å². The average molecular weight is 267 g/mol. The van der Waals surface area contributed by atoms with Crippen LogP contribution in [0.1, 0.15) is 26.2 Å². The smallest absolute Gasteiger partial charge is 0.240 e. The highest BCUT2D eigenvalue weighted by atomic mass is 16.2. The van der Waals surface area contributed by atoms with Gasteiger partial charge in [0.15, 0.2) is 0 Å². The largest absolute Gasteiger partial charge is 0.346 e. The molecule has 1 aliphatic rings. The molecular formula is C14H25N3O2. The number of carbonyl (C=O) groups excluding carboxylic acids is 2. The zero-order valence-corrected chi connectivity index (χ0v) is 12.0. The minimum Gasteiger partial charge on any atom is -0.346 e. The lowest BCUT2D eigenvalue weighted by molar-refractivity contribution is -0.140. The second-order valence-corrected chi connectivity index (χ2v) is 4.95. The molecule has 0 bridgehead atoms. The highest BCUT2D eigenvalue weighted by Crippen LogP contribution is 2.07. The van der Waals surface area contributed by atoms with Gasteiger partial charge in [-0.05, 0) is 6.42 Å². The van der Waals surface area contributed by atoms with Gasteiger partial charge in [-0.15, -0.1) is 6.58 Å². The maximum Gasteiger partial charge on any atom is 0.240 e. The number of hydrogen-bond acceptors (Lipinski definition) is 3. The number of nitrogens with zero attached hydrogens (tertiary/aromatic N) is 2. The Balaban J connectivity index is 2.48. The Kier molecular flexibility index (Phi) is 6.56. The molecule has 1 N–H and O–H groups in total. The van der Waals surface area contributed by atoms with Gasteiger partial charge in [0.1, 0.15) is 0 Å². The third kappa shape index (κ3) is 4.67. The Hall–Kier alpha value is -1.36. The van der Waals surface area contributed by atoms with Crippen molar-refractivity contribution in [2.24, 2.45) is 0 Å². The molecule has 0 aromatic heterocycles. The van der Waals surface area contributed by atoms with Crippen molar-refractivity contribution in [3.05, 3.63) is 12.7 Å². The van der Waals surface area contributed by atoms with E-state index in [0.29, 0.717) is 13.1 Å². The van der Waals surface area contributed by atoms with Crippen molar-refractivity contribution < 1.29 is 9.59 Å². The molecule has 1 unspecified atom stereocenters. The van der Waals surface area contributed by atoms with Crippen LogP contribution in [0.5, 0.6) is 0 Å². The van der Waals surface area contributed by atoms with Crippen LogP contribution >= 0.6 is 0 Å². The lowest BCUT2D eigenvalue weighted by atomic mass is 10.1. The van der Waals surface area contributed by atoms with Crippen LogP contribution in [0.4, 0.5) is 0 Å². The second-order valence-electron chi connectivity index (χ2n) is 4.95. The first-order valence-corrected chi connectivity index (χ1v) is 6.97. The Bertz CT molecular complexity index is 331. The molecule has 1 atom stereocenters. The Morgan fingerprint density at radius 2 is 2.37 bits per heavy atom. The maximum atomic E-state index is 12.1. The molecule has 0 aromatic rings. The average Bonchev–Trinajstić information content (AvgIpc) is 2.40. The van der Waals surface area contributed by atoms with E-state index in [4.69, 9.17) is 0 Å². The van der Waals surface area contributed by atoms with Gasteiger partial charge in [-0.25, -0.2) is 0 Å². The molecule has 1 rings (SSSR count). The van der Waals surface area contributed by atoms with E-state index >= 15 is 0 Å². The second kappa shape index (κ2) is 7.94. The SMILES string of the molecule is C=CCN1CCNC(CC(=O)N(C)CCCC)C1=O. The van der Waals surface area contributed by atoms with Gasteiger partial charge in [0.25, 0.3) is 0 Å². The monoisotopic (exact) mass is 267 g/mol. The van der Waals surface area contributed by atoms with Gasteiger partial charge >= 0.3 is 0 Å². The number of rotatable bonds is 7. The molecule has 1 saturated heterocycles. The number of carbonyl (C=O) groups is 2. The maximum absolute atomic E-state index is 12.1. The first kappa shape index (κ1) is 15.7. The number of nitrogens with one attached hydrogen (secondary N) is 1. The van der Waals surface area contributed by atoms with Crippen LogP contribution < -0.4 is 5.32 Å². The summed E-state index contributed by atoms with van der Waals surface area (Å²) in [6.45, 7) is 8.47. The van der Waals surface area contributed by atoms with Crippen molar-refractivity contribution in [2.75, 3.05) is 33.2 Å². The molecule has 1 aliphatic heterocycles. The summed E-state index contributed by atoms with van der Waals surface area (Å²) in [4.78, 5) is 27.6. The molecule has 0 saturated carbocycles. The van der Waals surface area contributed by atoms with E-state index in [-0.39, 0.29) is 24.3 Å². The van der Waals surface area contributed by atoms with Gasteiger partial charge in [-0.2, -0.15) is 0 Å². The van der Waals surface area contributed by atoms with E-state index in [1.807, 2.05) is 0 Å². The quantitative estimate of drug-likeness (QED) is 0.688. The van der Waals surface area contributed by atoms with Crippen molar-refractivity contribution in [3.63, 3.8) is 0 Å². The molecule has 1 fully saturated rings. The summed E-state index contributed by atoms with van der Waals surface area (Å²) < 4.78 is 0. The molecule has 0 radical (unpaired) electrons. The summed E-state index contributed by atoms with van der Waals surface area (Å²) in [5, 5.41) is 3.13. The standard InChI is InChI=1S/C14H25N3O2/c1-4-6-9-16(3)13(18)11-12-14(19)17(8-5-2)10-7-15-12/h5,12,15H,2,4,6-11H2,1,3H3. The number of unbranched alkanes of at least 4 members (excludes halogenated alkanes) is 1. The Labute approximate surface area is 115 Å². The van der Waals surface area contributed by atoms with E-state index in [1.165, 1.54) is 0 Å². The molecule has 0 aromatic carbocycles. The van der Waals surface area contributed by atoms with Crippen molar-refractivity contribution in [2.45, 2.75) is 32.2 Å². The molecular weight excluding hydrogens is 242 g/mol. The van der Waals surface area contributed by atoms with Crippen molar-refractivity contribution in [1.29, 1.82) is 0 Å². The summed E-state index contributed by atoms with van der Waals surface area (Å²) in [6, 6.07) is -0.384. The molecule has 5 heteroatoms. The minimum absolute atomic E-state index is 0.00314. The highest BCUT2D eigenvalue weighted by Gasteiger charge is 2.30. The first-order chi connectivity index (χ1) is 9.10.